The first-order chi connectivity index (χ1) is 11.6. The van der Waals surface area contributed by atoms with E-state index in [2.05, 4.69) is 5.32 Å². The molecule has 0 radical (unpaired) electrons. The molecule has 132 valence electrons. The molecule has 24 heavy (non-hydrogen) atoms. The molecule has 1 atom stereocenters. The summed E-state index contributed by atoms with van der Waals surface area (Å²) in [5.74, 6) is 0.745. The summed E-state index contributed by atoms with van der Waals surface area (Å²) in [6.45, 7) is 5.51. The molecular formula is C17H25N3O4. The molecule has 1 saturated heterocycles. The zero-order valence-corrected chi connectivity index (χ0v) is 14.2. The van der Waals surface area contributed by atoms with Crippen LogP contribution in [0.4, 0.5) is 10.5 Å². The number of urea groups is 1. The third kappa shape index (κ3) is 4.38. The number of nitrogens with one attached hydrogen (secondary N) is 1. The molecule has 1 heterocycles. The Morgan fingerprint density at radius 3 is 2.67 bits per heavy atom. The van der Waals surface area contributed by atoms with Crippen LogP contribution in [0.2, 0.25) is 0 Å². The van der Waals surface area contributed by atoms with Gasteiger partial charge in [0.05, 0.1) is 19.3 Å². The summed E-state index contributed by atoms with van der Waals surface area (Å²) in [5.41, 5.74) is 0.794. The van der Waals surface area contributed by atoms with E-state index in [1.807, 2.05) is 38.1 Å². The maximum atomic E-state index is 12.2. The largest absolute Gasteiger partial charge is 0.494 e. The minimum absolute atomic E-state index is 0.0188. The highest BCUT2D eigenvalue weighted by molar-refractivity contribution is 5.96. The van der Waals surface area contributed by atoms with Gasteiger partial charge in [0.25, 0.3) is 0 Å². The number of hydrogen-bond acceptors (Lipinski definition) is 4. The van der Waals surface area contributed by atoms with Crippen LogP contribution in [-0.4, -0.2) is 60.8 Å². The molecule has 0 aromatic heterocycles. The van der Waals surface area contributed by atoms with Gasteiger partial charge >= 0.3 is 6.03 Å². The molecule has 7 nitrogen and oxygen atoms in total. The summed E-state index contributed by atoms with van der Waals surface area (Å²) in [5, 5.41) is 11.8. The quantitative estimate of drug-likeness (QED) is 0.785. The minimum atomic E-state index is -0.252. The van der Waals surface area contributed by atoms with E-state index in [0.29, 0.717) is 19.7 Å². The van der Waals surface area contributed by atoms with Gasteiger partial charge < -0.3 is 25.0 Å². The summed E-state index contributed by atoms with van der Waals surface area (Å²) in [7, 11) is 0. The predicted octanol–water partition coefficient (Wildman–Crippen LogP) is 1.21. The Bertz CT molecular complexity index is 561. The van der Waals surface area contributed by atoms with E-state index in [1.54, 1.807) is 4.90 Å². The molecule has 0 aliphatic carbocycles. The lowest BCUT2D eigenvalue weighted by Crippen LogP contribution is -2.46. The molecule has 7 heteroatoms. The SMILES string of the molecule is CCOc1ccc(N2C[C@@H](NC(=O)N(CC)CCO)CC2=O)cc1. The Morgan fingerprint density at radius 2 is 2.08 bits per heavy atom. The van der Waals surface area contributed by atoms with Crippen molar-refractivity contribution in [2.24, 2.45) is 0 Å². The lowest BCUT2D eigenvalue weighted by Gasteiger charge is -2.23. The monoisotopic (exact) mass is 335 g/mol. The van der Waals surface area contributed by atoms with Crippen molar-refractivity contribution in [1.82, 2.24) is 10.2 Å². The van der Waals surface area contributed by atoms with Gasteiger partial charge in [-0.3, -0.25) is 4.79 Å². The number of carbonyl (C=O) groups excluding carboxylic acids is 2. The highest BCUT2D eigenvalue weighted by atomic mass is 16.5. The summed E-state index contributed by atoms with van der Waals surface area (Å²) < 4.78 is 5.40. The Balaban J connectivity index is 1.96. The molecule has 1 aromatic rings. The van der Waals surface area contributed by atoms with Crippen LogP contribution in [-0.2, 0) is 4.79 Å². The van der Waals surface area contributed by atoms with Crippen LogP contribution >= 0.6 is 0 Å². The smallest absolute Gasteiger partial charge is 0.317 e. The van der Waals surface area contributed by atoms with Crippen LogP contribution in [0.5, 0.6) is 5.75 Å². The van der Waals surface area contributed by atoms with Crippen molar-refractivity contribution in [3.05, 3.63) is 24.3 Å². The number of nitrogens with zero attached hydrogens (tertiary/aromatic N) is 2. The standard InChI is InChI=1S/C17H25N3O4/c1-3-19(9-10-21)17(23)18-13-11-16(22)20(12-13)14-5-7-15(8-6-14)24-4-2/h5-8,13,21H,3-4,9-12H2,1-2H3,(H,18,23)/t13-/m0/s1. The van der Waals surface area contributed by atoms with E-state index in [-0.39, 0.29) is 37.6 Å². The normalized spacial score (nSPS) is 17.0. The number of likely N-dealkylation sites (N-methyl/N-ethyl adjacent to an activating group) is 1. The molecule has 1 aromatic carbocycles. The fraction of sp³-hybridized carbons (Fsp3) is 0.529. The van der Waals surface area contributed by atoms with Crippen LogP contribution in [0.3, 0.4) is 0 Å². The van der Waals surface area contributed by atoms with Crippen LogP contribution in [0.15, 0.2) is 24.3 Å². The van der Waals surface area contributed by atoms with Crippen molar-refractivity contribution >= 4 is 17.6 Å². The number of aliphatic hydroxyl groups is 1. The summed E-state index contributed by atoms with van der Waals surface area (Å²) in [6, 6.07) is 6.87. The van der Waals surface area contributed by atoms with Gasteiger partial charge in [-0.25, -0.2) is 4.79 Å². The summed E-state index contributed by atoms with van der Waals surface area (Å²) >= 11 is 0. The Hall–Kier alpha value is -2.28. The van der Waals surface area contributed by atoms with Gasteiger partial charge in [-0.05, 0) is 38.1 Å². The van der Waals surface area contributed by atoms with E-state index in [0.717, 1.165) is 11.4 Å². The molecule has 1 aliphatic rings. The lowest BCUT2D eigenvalue weighted by molar-refractivity contribution is -0.117. The van der Waals surface area contributed by atoms with E-state index in [1.165, 1.54) is 4.90 Å². The van der Waals surface area contributed by atoms with E-state index < -0.39 is 0 Å². The van der Waals surface area contributed by atoms with Crippen molar-refractivity contribution in [2.45, 2.75) is 26.3 Å². The Kier molecular flexibility index (Phi) is 6.43. The topological polar surface area (TPSA) is 82.1 Å². The van der Waals surface area contributed by atoms with Gasteiger partial charge in [0.2, 0.25) is 5.91 Å². The van der Waals surface area contributed by atoms with Gasteiger partial charge in [-0.15, -0.1) is 0 Å². The number of anilines is 1. The molecule has 0 bridgehead atoms. The Morgan fingerprint density at radius 1 is 1.38 bits per heavy atom. The van der Waals surface area contributed by atoms with Gasteiger partial charge in [0.1, 0.15) is 5.75 Å². The first-order valence-corrected chi connectivity index (χ1v) is 8.28. The third-order valence-electron chi connectivity index (χ3n) is 3.95. The lowest BCUT2D eigenvalue weighted by atomic mass is 10.2. The van der Waals surface area contributed by atoms with Crippen LogP contribution in [0.25, 0.3) is 0 Å². The fourth-order valence-corrected chi connectivity index (χ4v) is 2.73. The number of carbonyl (C=O) groups is 2. The maximum absolute atomic E-state index is 12.2. The molecule has 0 unspecified atom stereocenters. The molecule has 0 saturated carbocycles. The molecule has 0 spiro atoms. The van der Waals surface area contributed by atoms with Crippen LogP contribution in [0.1, 0.15) is 20.3 Å². The highest BCUT2D eigenvalue weighted by Gasteiger charge is 2.32. The Labute approximate surface area is 142 Å². The highest BCUT2D eigenvalue weighted by Crippen LogP contribution is 2.24. The molecule has 2 N–H and O–H groups in total. The van der Waals surface area contributed by atoms with E-state index in [9.17, 15) is 9.59 Å². The zero-order valence-electron chi connectivity index (χ0n) is 14.2. The molecular weight excluding hydrogens is 310 g/mol. The molecule has 3 amide bonds. The second kappa shape index (κ2) is 8.54. The molecule has 1 fully saturated rings. The predicted molar refractivity (Wildman–Crippen MR) is 91.2 cm³/mol. The van der Waals surface area contributed by atoms with Crippen molar-refractivity contribution in [1.29, 1.82) is 0 Å². The minimum Gasteiger partial charge on any atom is -0.494 e. The van der Waals surface area contributed by atoms with Crippen molar-refractivity contribution < 1.29 is 19.4 Å². The van der Waals surface area contributed by atoms with Crippen molar-refractivity contribution in [3.63, 3.8) is 0 Å². The molecule has 1 aliphatic heterocycles. The van der Waals surface area contributed by atoms with Gasteiger partial charge in [-0.1, -0.05) is 0 Å². The average Bonchev–Trinajstić information content (AvgIpc) is 2.93. The molecule has 2 rings (SSSR count). The van der Waals surface area contributed by atoms with Crippen molar-refractivity contribution in [2.75, 3.05) is 37.7 Å². The van der Waals surface area contributed by atoms with Gasteiger partial charge in [0, 0.05) is 31.7 Å². The van der Waals surface area contributed by atoms with Gasteiger partial charge in [0.15, 0.2) is 0 Å². The van der Waals surface area contributed by atoms with Gasteiger partial charge in [-0.2, -0.15) is 0 Å². The van der Waals surface area contributed by atoms with Crippen molar-refractivity contribution in [3.8, 4) is 5.75 Å². The number of hydrogen-bond donors (Lipinski definition) is 2. The summed E-state index contributed by atoms with van der Waals surface area (Å²) in [4.78, 5) is 27.6. The summed E-state index contributed by atoms with van der Waals surface area (Å²) in [6.07, 6.45) is 0.273. The van der Waals surface area contributed by atoms with Crippen LogP contribution in [0, 0.1) is 0 Å². The number of aliphatic hydroxyl groups excluding tert-OH is 1. The first-order valence-electron chi connectivity index (χ1n) is 8.28. The first kappa shape index (κ1) is 18.1. The second-order valence-corrected chi connectivity index (χ2v) is 5.59. The van der Waals surface area contributed by atoms with Crippen LogP contribution < -0.4 is 15.0 Å². The maximum Gasteiger partial charge on any atom is 0.317 e. The average molecular weight is 335 g/mol. The number of ether oxygens (including phenoxy) is 1. The number of amides is 3. The third-order valence-corrected chi connectivity index (χ3v) is 3.95. The second-order valence-electron chi connectivity index (χ2n) is 5.59. The number of benzene rings is 1. The fourth-order valence-electron chi connectivity index (χ4n) is 2.73. The van der Waals surface area contributed by atoms with E-state index in [4.69, 9.17) is 9.84 Å². The van der Waals surface area contributed by atoms with E-state index >= 15 is 0 Å². The number of rotatable bonds is 7. The zero-order chi connectivity index (χ0) is 17.5.